The summed E-state index contributed by atoms with van der Waals surface area (Å²) in [6, 6.07) is 0. The van der Waals surface area contributed by atoms with Gasteiger partial charge in [-0.3, -0.25) is 9.59 Å². The lowest BCUT2D eigenvalue weighted by Crippen LogP contribution is -2.42. The number of carboxylic acid groups (broad SMARTS) is 1. The third kappa shape index (κ3) is 2.66. The van der Waals surface area contributed by atoms with Gasteiger partial charge in [-0.15, -0.1) is 0 Å². The van der Waals surface area contributed by atoms with Crippen LogP contribution in [0.3, 0.4) is 0 Å². The number of fused-ring (bicyclic) bond motifs is 1. The van der Waals surface area contributed by atoms with Crippen LogP contribution >= 0.6 is 0 Å². The molecule has 1 amide bonds. The van der Waals surface area contributed by atoms with Crippen molar-refractivity contribution in [2.45, 2.75) is 26.4 Å². The number of amides is 1. The molecule has 1 N–H and O–H groups in total. The van der Waals surface area contributed by atoms with Gasteiger partial charge in [0.15, 0.2) is 0 Å². The number of furan rings is 1. The highest BCUT2D eigenvalue weighted by molar-refractivity contribution is 6.06. The van der Waals surface area contributed by atoms with E-state index in [1.165, 1.54) is 11.8 Å². The number of aromatic carboxylic acids is 1. The van der Waals surface area contributed by atoms with Crippen LogP contribution in [0, 0.1) is 0 Å². The molecule has 0 spiro atoms. The van der Waals surface area contributed by atoms with Crippen LogP contribution in [0.25, 0.3) is 0 Å². The van der Waals surface area contributed by atoms with E-state index in [9.17, 15) is 14.4 Å². The molecule has 7 nitrogen and oxygen atoms in total. The summed E-state index contributed by atoms with van der Waals surface area (Å²) in [5.74, 6) is -1.63. The lowest BCUT2D eigenvalue weighted by atomic mass is 10.0. The van der Waals surface area contributed by atoms with Crippen LogP contribution in [0.1, 0.15) is 40.3 Å². The van der Waals surface area contributed by atoms with E-state index < -0.39 is 23.9 Å². The molecule has 20 heavy (non-hydrogen) atoms. The summed E-state index contributed by atoms with van der Waals surface area (Å²) in [6.45, 7) is 3.61. The van der Waals surface area contributed by atoms with Gasteiger partial charge in [-0.25, -0.2) is 4.79 Å². The molecule has 0 fully saturated rings. The van der Waals surface area contributed by atoms with Gasteiger partial charge in [-0.05, 0) is 6.92 Å². The Bertz CT molecular complexity index is 561. The molecule has 1 aliphatic rings. The van der Waals surface area contributed by atoms with E-state index in [4.69, 9.17) is 14.3 Å². The van der Waals surface area contributed by atoms with Crippen LogP contribution in [-0.2, 0) is 16.0 Å². The summed E-state index contributed by atoms with van der Waals surface area (Å²) in [5, 5.41) is 9.03. The van der Waals surface area contributed by atoms with Crippen molar-refractivity contribution in [2.75, 3.05) is 13.1 Å². The molecule has 0 bridgehead atoms. The Morgan fingerprint density at radius 3 is 2.85 bits per heavy atom. The minimum atomic E-state index is -1.20. The van der Waals surface area contributed by atoms with E-state index in [1.807, 2.05) is 0 Å². The van der Waals surface area contributed by atoms with Gasteiger partial charge >= 0.3 is 11.9 Å². The zero-order valence-corrected chi connectivity index (χ0v) is 11.2. The van der Waals surface area contributed by atoms with Crippen LogP contribution in [-0.4, -0.2) is 47.0 Å². The summed E-state index contributed by atoms with van der Waals surface area (Å²) in [7, 11) is 0. The molecule has 0 saturated heterocycles. The van der Waals surface area contributed by atoms with Crippen molar-refractivity contribution in [3.63, 3.8) is 0 Å². The van der Waals surface area contributed by atoms with E-state index >= 15 is 0 Å². The Labute approximate surface area is 115 Å². The first-order valence-electron chi connectivity index (χ1n) is 6.20. The topological polar surface area (TPSA) is 97.1 Å². The third-order valence-electron chi connectivity index (χ3n) is 3.05. The second-order valence-electron chi connectivity index (χ2n) is 4.67. The molecule has 1 aromatic rings. The van der Waals surface area contributed by atoms with E-state index in [1.54, 1.807) is 6.92 Å². The predicted molar refractivity (Wildman–Crippen MR) is 66.5 cm³/mol. The molecule has 108 valence electrons. The molecule has 1 aromatic heterocycles. The molecule has 7 heteroatoms. The Morgan fingerprint density at radius 1 is 1.55 bits per heavy atom. The maximum atomic E-state index is 12.3. The highest BCUT2D eigenvalue weighted by atomic mass is 16.5. The lowest BCUT2D eigenvalue weighted by molar-refractivity contribution is -0.146. The van der Waals surface area contributed by atoms with Gasteiger partial charge in [0.05, 0.1) is 12.1 Å². The first kappa shape index (κ1) is 14.1. The van der Waals surface area contributed by atoms with Gasteiger partial charge in [0.1, 0.15) is 23.7 Å². The number of carboxylic acids is 1. The fraction of sp³-hybridized carbons (Fsp3) is 0.462. The molecule has 1 aliphatic heterocycles. The van der Waals surface area contributed by atoms with Crippen molar-refractivity contribution in [3.8, 4) is 0 Å². The molecule has 0 saturated carbocycles. The minimum absolute atomic E-state index is 0.0961. The normalized spacial score (nSPS) is 15.7. The number of ether oxygens (including phenoxy) is 1. The first-order valence-corrected chi connectivity index (χ1v) is 6.20. The van der Waals surface area contributed by atoms with Gasteiger partial charge in [0, 0.05) is 19.9 Å². The third-order valence-corrected chi connectivity index (χ3v) is 3.05. The van der Waals surface area contributed by atoms with Crippen LogP contribution in [0.4, 0.5) is 0 Å². The molecule has 0 unspecified atom stereocenters. The number of carbonyl (C=O) groups excluding carboxylic acids is 2. The number of nitrogens with zero attached hydrogens (tertiary/aromatic N) is 1. The van der Waals surface area contributed by atoms with Crippen molar-refractivity contribution in [3.05, 3.63) is 23.2 Å². The van der Waals surface area contributed by atoms with Gasteiger partial charge in [-0.2, -0.15) is 0 Å². The Morgan fingerprint density at radius 2 is 2.25 bits per heavy atom. The molecule has 0 aliphatic carbocycles. The van der Waals surface area contributed by atoms with Crippen molar-refractivity contribution in [1.29, 1.82) is 0 Å². The highest BCUT2D eigenvalue weighted by Gasteiger charge is 2.33. The molecule has 0 aromatic carbocycles. The van der Waals surface area contributed by atoms with Crippen LogP contribution in [0.5, 0.6) is 0 Å². The number of hydrogen-bond acceptors (Lipinski definition) is 5. The standard InChI is InChI=1S/C13H15NO6/c1-7(20-8(2)15)5-14-4-3-10-11(12(14)16)9(6-19-10)13(17)18/h6-7H,3-5H2,1-2H3,(H,17,18)/t7-/m1/s1. The maximum absolute atomic E-state index is 12.3. The number of carbonyl (C=O) groups is 3. The fourth-order valence-corrected chi connectivity index (χ4v) is 2.28. The van der Waals surface area contributed by atoms with E-state index in [0.717, 1.165) is 6.26 Å². The summed E-state index contributed by atoms with van der Waals surface area (Å²) in [5.41, 5.74) is -0.0337. The van der Waals surface area contributed by atoms with Crippen molar-refractivity contribution >= 4 is 17.8 Å². The zero-order chi connectivity index (χ0) is 14.9. The smallest absolute Gasteiger partial charge is 0.339 e. The second kappa shape index (κ2) is 5.36. The molecule has 1 atom stereocenters. The predicted octanol–water partition coefficient (Wildman–Crippen LogP) is 0.928. The van der Waals surface area contributed by atoms with E-state index in [2.05, 4.69) is 0 Å². The molecule has 2 heterocycles. The SMILES string of the molecule is CC(=O)O[C@H](C)CN1CCc2occ(C(=O)O)c2C1=O. The summed E-state index contributed by atoms with van der Waals surface area (Å²) >= 11 is 0. The molecular weight excluding hydrogens is 266 g/mol. The van der Waals surface area contributed by atoms with E-state index in [0.29, 0.717) is 18.7 Å². The van der Waals surface area contributed by atoms with Crippen molar-refractivity contribution in [1.82, 2.24) is 4.90 Å². The first-order chi connectivity index (χ1) is 9.40. The average Bonchev–Trinajstić information content (AvgIpc) is 2.76. The minimum Gasteiger partial charge on any atom is -0.478 e. The maximum Gasteiger partial charge on any atom is 0.339 e. The summed E-state index contributed by atoms with van der Waals surface area (Å²) < 4.78 is 10.1. The fourth-order valence-electron chi connectivity index (χ4n) is 2.28. The number of esters is 1. The van der Waals surface area contributed by atoms with Crippen LogP contribution in [0.2, 0.25) is 0 Å². The average molecular weight is 281 g/mol. The Hall–Kier alpha value is -2.31. The number of hydrogen-bond donors (Lipinski definition) is 1. The molecular formula is C13H15NO6. The van der Waals surface area contributed by atoms with Gasteiger partial charge < -0.3 is 19.2 Å². The summed E-state index contributed by atoms with van der Waals surface area (Å²) in [4.78, 5) is 35.7. The van der Waals surface area contributed by atoms with Crippen molar-refractivity contribution < 1.29 is 28.6 Å². The van der Waals surface area contributed by atoms with Gasteiger partial charge in [0.2, 0.25) is 0 Å². The Balaban J connectivity index is 2.16. The largest absolute Gasteiger partial charge is 0.478 e. The van der Waals surface area contributed by atoms with E-state index in [-0.39, 0.29) is 17.7 Å². The summed E-state index contributed by atoms with van der Waals surface area (Å²) in [6.07, 6.45) is 1.09. The highest BCUT2D eigenvalue weighted by Crippen LogP contribution is 2.24. The number of rotatable bonds is 4. The molecule has 2 rings (SSSR count). The monoisotopic (exact) mass is 281 g/mol. The zero-order valence-electron chi connectivity index (χ0n) is 11.2. The molecule has 0 radical (unpaired) electrons. The van der Waals surface area contributed by atoms with Crippen LogP contribution in [0.15, 0.2) is 10.7 Å². The Kier molecular flexibility index (Phi) is 3.78. The van der Waals surface area contributed by atoms with Crippen molar-refractivity contribution in [2.24, 2.45) is 0 Å². The van der Waals surface area contributed by atoms with Gasteiger partial charge in [-0.1, -0.05) is 0 Å². The van der Waals surface area contributed by atoms with Gasteiger partial charge in [0.25, 0.3) is 5.91 Å². The van der Waals surface area contributed by atoms with Crippen LogP contribution < -0.4 is 0 Å². The quantitative estimate of drug-likeness (QED) is 0.824. The lowest BCUT2D eigenvalue weighted by Gasteiger charge is -2.28. The second-order valence-corrected chi connectivity index (χ2v) is 4.67.